The van der Waals surface area contributed by atoms with Gasteiger partial charge in [0.25, 0.3) is 0 Å². The smallest absolute Gasteiger partial charge is 0.128 e. The van der Waals surface area contributed by atoms with Gasteiger partial charge in [0.05, 0.1) is 14.2 Å². The van der Waals surface area contributed by atoms with Crippen molar-refractivity contribution in [1.82, 2.24) is 5.32 Å². The van der Waals surface area contributed by atoms with Crippen LogP contribution in [0.1, 0.15) is 29.5 Å². The molecule has 0 amide bonds. The Kier molecular flexibility index (Phi) is 4.12. The van der Waals surface area contributed by atoms with E-state index in [1.165, 1.54) is 24.0 Å². The van der Waals surface area contributed by atoms with Gasteiger partial charge < -0.3 is 14.8 Å². The lowest BCUT2D eigenvalue weighted by atomic mass is 9.96. The fraction of sp³-hybridized carbons (Fsp3) is 0.600. The first-order chi connectivity index (χ1) is 8.67. The van der Waals surface area contributed by atoms with Crippen molar-refractivity contribution in [2.24, 2.45) is 0 Å². The van der Waals surface area contributed by atoms with E-state index < -0.39 is 0 Å². The summed E-state index contributed by atoms with van der Waals surface area (Å²) in [6.07, 6.45) is 3.58. The fourth-order valence-electron chi connectivity index (χ4n) is 2.83. The minimum Gasteiger partial charge on any atom is -0.496 e. The second-order valence-electron chi connectivity index (χ2n) is 5.03. The summed E-state index contributed by atoms with van der Waals surface area (Å²) in [6.45, 7) is 5.33. The fourth-order valence-corrected chi connectivity index (χ4v) is 2.83. The van der Waals surface area contributed by atoms with Gasteiger partial charge in [0.1, 0.15) is 11.5 Å². The van der Waals surface area contributed by atoms with Crippen LogP contribution >= 0.6 is 0 Å². The van der Waals surface area contributed by atoms with Crippen LogP contribution in [0.4, 0.5) is 0 Å². The number of hydrogen-bond donors (Lipinski definition) is 1. The number of ether oxygens (including phenoxy) is 2. The minimum atomic E-state index is 0.588. The maximum Gasteiger partial charge on any atom is 0.128 e. The second-order valence-corrected chi connectivity index (χ2v) is 5.03. The number of methoxy groups -OCH3 is 2. The van der Waals surface area contributed by atoms with E-state index in [4.69, 9.17) is 9.47 Å². The third-order valence-corrected chi connectivity index (χ3v) is 3.84. The minimum absolute atomic E-state index is 0.588. The highest BCUT2D eigenvalue weighted by Gasteiger charge is 2.20. The summed E-state index contributed by atoms with van der Waals surface area (Å²) in [5.41, 5.74) is 3.66. The molecule has 1 fully saturated rings. The highest BCUT2D eigenvalue weighted by Crippen LogP contribution is 2.35. The monoisotopic (exact) mass is 249 g/mol. The summed E-state index contributed by atoms with van der Waals surface area (Å²) < 4.78 is 11.0. The van der Waals surface area contributed by atoms with E-state index in [1.54, 1.807) is 14.2 Å². The molecule has 1 aliphatic rings. The molecule has 1 aliphatic heterocycles. The van der Waals surface area contributed by atoms with Gasteiger partial charge in [0.15, 0.2) is 0 Å². The molecule has 2 rings (SSSR count). The summed E-state index contributed by atoms with van der Waals surface area (Å²) in [5, 5.41) is 3.54. The van der Waals surface area contributed by atoms with Crippen molar-refractivity contribution in [3.05, 3.63) is 22.8 Å². The van der Waals surface area contributed by atoms with Gasteiger partial charge in [0.2, 0.25) is 0 Å². The van der Waals surface area contributed by atoms with Gasteiger partial charge in [-0.25, -0.2) is 0 Å². The number of rotatable bonds is 4. The molecular formula is C15H23NO2. The van der Waals surface area contributed by atoms with E-state index >= 15 is 0 Å². The topological polar surface area (TPSA) is 30.5 Å². The maximum atomic E-state index is 5.60. The van der Waals surface area contributed by atoms with Crippen LogP contribution in [0.5, 0.6) is 11.5 Å². The van der Waals surface area contributed by atoms with Gasteiger partial charge >= 0.3 is 0 Å². The standard InChI is InChI=1S/C15H23NO2/c1-10-8-14(17-3)11(2)15(18-4)13(10)9-12-6-5-7-16-12/h8,12,16H,5-7,9H2,1-4H3. The van der Waals surface area contributed by atoms with Gasteiger partial charge in [0, 0.05) is 11.6 Å². The Morgan fingerprint density at radius 2 is 2.06 bits per heavy atom. The van der Waals surface area contributed by atoms with E-state index in [1.807, 2.05) is 0 Å². The van der Waals surface area contributed by atoms with Crippen LogP contribution in [0, 0.1) is 13.8 Å². The summed E-state index contributed by atoms with van der Waals surface area (Å²) >= 11 is 0. The Labute approximate surface area is 109 Å². The van der Waals surface area contributed by atoms with Gasteiger partial charge in [-0.1, -0.05) is 0 Å². The quantitative estimate of drug-likeness (QED) is 0.889. The largest absolute Gasteiger partial charge is 0.496 e. The number of nitrogens with one attached hydrogen (secondary N) is 1. The first-order valence-corrected chi connectivity index (χ1v) is 6.61. The molecule has 1 atom stereocenters. The molecule has 0 saturated carbocycles. The summed E-state index contributed by atoms with van der Waals surface area (Å²) in [6, 6.07) is 2.70. The van der Waals surface area contributed by atoms with Crippen LogP contribution in [0.3, 0.4) is 0 Å². The van der Waals surface area contributed by atoms with E-state index in [-0.39, 0.29) is 0 Å². The molecule has 1 aromatic carbocycles. The second kappa shape index (κ2) is 5.61. The normalized spacial score (nSPS) is 19.0. The van der Waals surface area contributed by atoms with Crippen molar-refractivity contribution in [2.75, 3.05) is 20.8 Å². The Hall–Kier alpha value is -1.22. The molecule has 0 bridgehead atoms. The van der Waals surface area contributed by atoms with Crippen molar-refractivity contribution in [2.45, 2.75) is 39.2 Å². The lowest BCUT2D eigenvalue weighted by Gasteiger charge is -2.19. The maximum absolute atomic E-state index is 5.60. The molecule has 1 unspecified atom stereocenters. The van der Waals surface area contributed by atoms with Gasteiger partial charge in [-0.05, 0) is 56.8 Å². The molecule has 1 saturated heterocycles. The summed E-state index contributed by atoms with van der Waals surface area (Å²) in [4.78, 5) is 0. The van der Waals surface area contributed by atoms with Crippen LogP contribution in [-0.4, -0.2) is 26.8 Å². The third-order valence-electron chi connectivity index (χ3n) is 3.84. The van der Waals surface area contributed by atoms with Crippen LogP contribution in [-0.2, 0) is 6.42 Å². The molecule has 100 valence electrons. The van der Waals surface area contributed by atoms with E-state index in [9.17, 15) is 0 Å². The zero-order chi connectivity index (χ0) is 13.1. The van der Waals surface area contributed by atoms with Gasteiger partial charge in [-0.2, -0.15) is 0 Å². The van der Waals surface area contributed by atoms with Crippen LogP contribution in [0.25, 0.3) is 0 Å². The van der Waals surface area contributed by atoms with Gasteiger partial charge in [-0.15, -0.1) is 0 Å². The highest BCUT2D eigenvalue weighted by molar-refractivity contribution is 5.53. The Morgan fingerprint density at radius 3 is 2.61 bits per heavy atom. The Morgan fingerprint density at radius 1 is 1.28 bits per heavy atom. The predicted molar refractivity (Wildman–Crippen MR) is 73.7 cm³/mol. The lowest BCUT2D eigenvalue weighted by Crippen LogP contribution is -2.24. The zero-order valence-corrected chi connectivity index (χ0v) is 11.8. The van der Waals surface area contributed by atoms with E-state index in [0.717, 1.165) is 30.0 Å². The molecule has 0 spiro atoms. The number of aryl methyl sites for hydroxylation is 1. The molecule has 0 radical (unpaired) electrons. The van der Waals surface area contributed by atoms with Crippen molar-refractivity contribution in [3.63, 3.8) is 0 Å². The third kappa shape index (κ3) is 2.46. The Balaban J connectivity index is 2.35. The average Bonchev–Trinajstić information content (AvgIpc) is 2.86. The SMILES string of the molecule is COc1cc(C)c(CC2CCCN2)c(OC)c1C. The number of benzene rings is 1. The van der Waals surface area contributed by atoms with Crippen LogP contribution in [0.2, 0.25) is 0 Å². The highest BCUT2D eigenvalue weighted by atomic mass is 16.5. The predicted octanol–water partition coefficient (Wildman–Crippen LogP) is 2.62. The van der Waals surface area contributed by atoms with Gasteiger partial charge in [-0.3, -0.25) is 0 Å². The molecule has 3 heteroatoms. The molecular weight excluding hydrogens is 226 g/mol. The summed E-state index contributed by atoms with van der Waals surface area (Å²) in [5.74, 6) is 1.90. The first kappa shape index (κ1) is 13.2. The zero-order valence-electron chi connectivity index (χ0n) is 11.8. The Bertz CT molecular complexity index is 423. The van der Waals surface area contributed by atoms with Crippen molar-refractivity contribution < 1.29 is 9.47 Å². The molecule has 1 aromatic rings. The summed E-state index contributed by atoms with van der Waals surface area (Å²) in [7, 11) is 3.45. The van der Waals surface area contributed by atoms with E-state index in [2.05, 4.69) is 25.2 Å². The molecule has 0 aliphatic carbocycles. The number of hydrogen-bond acceptors (Lipinski definition) is 3. The van der Waals surface area contributed by atoms with Crippen LogP contribution in [0.15, 0.2) is 6.07 Å². The van der Waals surface area contributed by atoms with Crippen molar-refractivity contribution >= 4 is 0 Å². The molecule has 18 heavy (non-hydrogen) atoms. The van der Waals surface area contributed by atoms with Crippen molar-refractivity contribution in [1.29, 1.82) is 0 Å². The lowest BCUT2D eigenvalue weighted by molar-refractivity contribution is 0.383. The molecule has 1 heterocycles. The average molecular weight is 249 g/mol. The van der Waals surface area contributed by atoms with Crippen LogP contribution < -0.4 is 14.8 Å². The molecule has 3 nitrogen and oxygen atoms in total. The van der Waals surface area contributed by atoms with Crippen molar-refractivity contribution in [3.8, 4) is 11.5 Å². The van der Waals surface area contributed by atoms with E-state index in [0.29, 0.717) is 6.04 Å². The molecule has 1 N–H and O–H groups in total. The molecule has 0 aromatic heterocycles. The first-order valence-electron chi connectivity index (χ1n) is 6.61.